The molecule has 6 heteroatoms. The maximum atomic E-state index is 13.2. The van der Waals surface area contributed by atoms with E-state index in [4.69, 9.17) is 5.26 Å². The molecule has 0 aliphatic heterocycles. The van der Waals surface area contributed by atoms with Gasteiger partial charge in [0.15, 0.2) is 0 Å². The molecule has 0 radical (unpaired) electrons. The predicted octanol–water partition coefficient (Wildman–Crippen LogP) is 2.50. The summed E-state index contributed by atoms with van der Waals surface area (Å²) in [6.45, 7) is 1.31. The van der Waals surface area contributed by atoms with Crippen molar-refractivity contribution < 1.29 is 13.7 Å². The summed E-state index contributed by atoms with van der Waals surface area (Å²) in [4.78, 5) is 9.37. The summed E-state index contributed by atoms with van der Waals surface area (Å²) in [6, 6.07) is 2.87. The largest absolute Gasteiger partial charge is 0.275 e. The van der Waals surface area contributed by atoms with E-state index in [1.165, 1.54) is 6.92 Å². The van der Waals surface area contributed by atoms with E-state index >= 15 is 0 Å². The SMILES string of the molecule is CC(C#N)c1c(F)cc([N+](=O)[O-])cc1F. The highest BCUT2D eigenvalue weighted by Gasteiger charge is 2.20. The van der Waals surface area contributed by atoms with E-state index in [9.17, 15) is 18.9 Å². The lowest BCUT2D eigenvalue weighted by molar-refractivity contribution is -0.385. The predicted molar refractivity (Wildman–Crippen MR) is 47.0 cm³/mol. The maximum absolute atomic E-state index is 13.2. The van der Waals surface area contributed by atoms with Gasteiger partial charge in [0.1, 0.15) is 11.6 Å². The second kappa shape index (κ2) is 4.00. The van der Waals surface area contributed by atoms with Crippen molar-refractivity contribution in [2.24, 2.45) is 0 Å². The van der Waals surface area contributed by atoms with Gasteiger partial charge in [0.2, 0.25) is 0 Å². The van der Waals surface area contributed by atoms with E-state index in [2.05, 4.69) is 0 Å². The Bertz CT molecular complexity index is 431. The van der Waals surface area contributed by atoms with Crippen molar-refractivity contribution >= 4 is 5.69 Å². The Hall–Kier alpha value is -2.03. The molecule has 1 aromatic carbocycles. The Kier molecular flexibility index (Phi) is 2.95. The first-order valence-electron chi connectivity index (χ1n) is 4.00. The van der Waals surface area contributed by atoms with E-state index in [1.54, 1.807) is 6.07 Å². The average Bonchev–Trinajstić information content (AvgIpc) is 2.16. The van der Waals surface area contributed by atoms with Gasteiger partial charge < -0.3 is 0 Å². The standard InChI is InChI=1S/C9H6F2N2O2/c1-5(4-12)9-7(10)2-6(13(14)15)3-8(9)11/h2-3,5H,1H3. The Balaban J connectivity index is 3.35. The lowest BCUT2D eigenvalue weighted by Gasteiger charge is -2.05. The fourth-order valence-corrected chi connectivity index (χ4v) is 1.15. The molecule has 0 fully saturated rings. The van der Waals surface area contributed by atoms with E-state index in [0.29, 0.717) is 12.1 Å². The third-order valence-corrected chi connectivity index (χ3v) is 1.90. The van der Waals surface area contributed by atoms with Crippen LogP contribution in [0.2, 0.25) is 0 Å². The van der Waals surface area contributed by atoms with Gasteiger partial charge in [-0.15, -0.1) is 0 Å². The third kappa shape index (κ3) is 2.07. The minimum absolute atomic E-state index is 0.442. The number of hydrogen-bond acceptors (Lipinski definition) is 3. The molecule has 0 bridgehead atoms. The molecular weight excluding hydrogens is 206 g/mol. The van der Waals surface area contributed by atoms with Gasteiger partial charge in [-0.2, -0.15) is 5.26 Å². The summed E-state index contributed by atoms with van der Waals surface area (Å²) in [5, 5.41) is 18.8. The van der Waals surface area contributed by atoms with Crippen LogP contribution in [0.1, 0.15) is 18.4 Å². The highest BCUT2D eigenvalue weighted by atomic mass is 19.1. The molecule has 0 heterocycles. The molecule has 78 valence electrons. The summed E-state index contributed by atoms with van der Waals surface area (Å²) in [7, 11) is 0. The lowest BCUT2D eigenvalue weighted by Crippen LogP contribution is -2.01. The number of benzene rings is 1. The Morgan fingerprint density at radius 2 is 1.93 bits per heavy atom. The van der Waals surface area contributed by atoms with Gasteiger partial charge in [0, 0.05) is 5.56 Å². The van der Waals surface area contributed by atoms with Crippen LogP contribution in [-0.4, -0.2) is 4.92 Å². The molecule has 0 amide bonds. The van der Waals surface area contributed by atoms with Crippen molar-refractivity contribution in [2.75, 3.05) is 0 Å². The molecule has 0 aliphatic carbocycles. The monoisotopic (exact) mass is 212 g/mol. The summed E-state index contributed by atoms with van der Waals surface area (Å²) in [5.41, 5.74) is -1.11. The van der Waals surface area contributed by atoms with Crippen LogP contribution < -0.4 is 0 Å². The van der Waals surface area contributed by atoms with Crippen LogP contribution in [0.4, 0.5) is 14.5 Å². The molecule has 15 heavy (non-hydrogen) atoms. The molecule has 0 N–H and O–H groups in total. The zero-order chi connectivity index (χ0) is 11.6. The number of nitriles is 1. The average molecular weight is 212 g/mol. The molecule has 0 aliphatic rings. The number of nitro groups is 1. The molecular formula is C9H6F2N2O2. The lowest BCUT2D eigenvalue weighted by atomic mass is 10.0. The van der Waals surface area contributed by atoms with Crippen LogP contribution in [0.5, 0.6) is 0 Å². The van der Waals surface area contributed by atoms with Crippen molar-refractivity contribution in [1.29, 1.82) is 5.26 Å². The van der Waals surface area contributed by atoms with Crippen LogP contribution in [-0.2, 0) is 0 Å². The van der Waals surface area contributed by atoms with Crippen LogP contribution in [0.3, 0.4) is 0 Å². The molecule has 1 rings (SSSR count). The van der Waals surface area contributed by atoms with Crippen molar-refractivity contribution in [2.45, 2.75) is 12.8 Å². The minimum atomic E-state index is -1.07. The smallest absolute Gasteiger partial charge is 0.258 e. The van der Waals surface area contributed by atoms with E-state index < -0.39 is 33.7 Å². The molecule has 0 spiro atoms. The highest BCUT2D eigenvalue weighted by molar-refractivity contribution is 5.38. The van der Waals surface area contributed by atoms with Gasteiger partial charge in [0.25, 0.3) is 5.69 Å². The summed E-state index contributed by atoms with van der Waals surface area (Å²) in [6.07, 6.45) is 0. The zero-order valence-electron chi connectivity index (χ0n) is 7.70. The van der Waals surface area contributed by atoms with Crippen molar-refractivity contribution in [1.82, 2.24) is 0 Å². The zero-order valence-corrected chi connectivity index (χ0v) is 7.70. The molecule has 0 aromatic heterocycles. The molecule has 1 unspecified atom stereocenters. The van der Waals surface area contributed by atoms with Gasteiger partial charge in [-0.1, -0.05) is 0 Å². The first-order valence-corrected chi connectivity index (χ1v) is 4.00. The molecule has 0 saturated heterocycles. The Morgan fingerprint density at radius 1 is 1.47 bits per heavy atom. The number of nitrogens with zero attached hydrogens (tertiary/aromatic N) is 2. The van der Waals surface area contributed by atoms with Gasteiger partial charge in [0.05, 0.1) is 29.0 Å². The second-order valence-corrected chi connectivity index (χ2v) is 2.93. The number of hydrogen-bond donors (Lipinski definition) is 0. The Morgan fingerprint density at radius 3 is 2.27 bits per heavy atom. The van der Waals surface area contributed by atoms with Gasteiger partial charge in [-0.3, -0.25) is 10.1 Å². The van der Waals surface area contributed by atoms with Crippen LogP contribution in [0.15, 0.2) is 12.1 Å². The number of halogens is 2. The summed E-state index contributed by atoms with van der Waals surface area (Å²) in [5.74, 6) is -3.13. The second-order valence-electron chi connectivity index (χ2n) is 2.93. The van der Waals surface area contributed by atoms with E-state index in [-0.39, 0.29) is 0 Å². The normalized spacial score (nSPS) is 11.9. The van der Waals surface area contributed by atoms with Crippen molar-refractivity contribution in [3.8, 4) is 6.07 Å². The van der Waals surface area contributed by atoms with Crippen LogP contribution in [0, 0.1) is 33.1 Å². The van der Waals surface area contributed by atoms with Gasteiger partial charge >= 0.3 is 0 Å². The fourth-order valence-electron chi connectivity index (χ4n) is 1.15. The minimum Gasteiger partial charge on any atom is -0.258 e. The maximum Gasteiger partial charge on any atom is 0.275 e. The van der Waals surface area contributed by atoms with Gasteiger partial charge in [-0.25, -0.2) is 8.78 Å². The topological polar surface area (TPSA) is 66.9 Å². The number of non-ortho nitro benzene ring substituents is 1. The molecule has 4 nitrogen and oxygen atoms in total. The number of nitro benzene ring substituents is 1. The van der Waals surface area contributed by atoms with E-state index in [0.717, 1.165) is 0 Å². The van der Waals surface area contributed by atoms with E-state index in [1.807, 2.05) is 0 Å². The quantitative estimate of drug-likeness (QED) is 0.558. The van der Waals surface area contributed by atoms with Crippen molar-refractivity contribution in [3.05, 3.63) is 39.4 Å². The molecule has 0 saturated carbocycles. The fraction of sp³-hybridized carbons (Fsp3) is 0.222. The summed E-state index contributed by atoms with van der Waals surface area (Å²) < 4.78 is 26.4. The highest BCUT2D eigenvalue weighted by Crippen LogP contribution is 2.26. The summed E-state index contributed by atoms with van der Waals surface area (Å²) >= 11 is 0. The molecule has 1 aromatic rings. The third-order valence-electron chi connectivity index (χ3n) is 1.90. The van der Waals surface area contributed by atoms with Crippen molar-refractivity contribution in [3.63, 3.8) is 0 Å². The van der Waals surface area contributed by atoms with Gasteiger partial charge in [-0.05, 0) is 6.92 Å². The first-order chi connectivity index (χ1) is 6.97. The number of rotatable bonds is 2. The first kappa shape index (κ1) is 11.0. The van der Waals surface area contributed by atoms with Crippen LogP contribution in [0.25, 0.3) is 0 Å². The van der Waals surface area contributed by atoms with Crippen LogP contribution >= 0.6 is 0 Å². The Labute approximate surface area is 83.9 Å². The molecule has 1 atom stereocenters.